The van der Waals surface area contributed by atoms with Gasteiger partial charge in [0.05, 0.1) is 6.21 Å². The van der Waals surface area contributed by atoms with Gasteiger partial charge in [0.1, 0.15) is 4.62 Å². The molecule has 0 heterocycles. The second kappa shape index (κ2) is 4.61. The average molecular weight is 205 g/mol. The van der Waals surface area contributed by atoms with Crippen LogP contribution in [0.15, 0.2) is 4.99 Å². The molecule has 1 atom stereocenters. The SMILES string of the molecule is CC(C)C(C)/N=C\C(=N)Br. The van der Waals surface area contributed by atoms with Gasteiger partial charge in [0, 0.05) is 6.04 Å². The molecule has 0 spiro atoms. The van der Waals surface area contributed by atoms with Gasteiger partial charge in [-0.3, -0.25) is 10.4 Å². The lowest BCUT2D eigenvalue weighted by atomic mass is 10.1. The van der Waals surface area contributed by atoms with E-state index < -0.39 is 0 Å². The Bertz CT molecular complexity index is 141. The molecule has 0 rings (SSSR count). The molecule has 10 heavy (non-hydrogen) atoms. The highest BCUT2D eigenvalue weighted by atomic mass is 79.9. The Kier molecular flexibility index (Phi) is 4.52. The van der Waals surface area contributed by atoms with Gasteiger partial charge in [0.2, 0.25) is 0 Å². The summed E-state index contributed by atoms with van der Waals surface area (Å²) in [7, 11) is 0. The molecule has 0 aromatic rings. The smallest absolute Gasteiger partial charge is 0.115 e. The molecule has 58 valence electrons. The minimum Gasteiger partial charge on any atom is -0.292 e. The summed E-state index contributed by atoms with van der Waals surface area (Å²) < 4.78 is 0.333. The van der Waals surface area contributed by atoms with Gasteiger partial charge >= 0.3 is 0 Å². The number of halogens is 1. The summed E-state index contributed by atoms with van der Waals surface area (Å²) in [5, 5.41) is 7.00. The average Bonchev–Trinajstić information content (AvgIpc) is 1.82. The van der Waals surface area contributed by atoms with Crippen molar-refractivity contribution in [1.29, 1.82) is 5.41 Å². The van der Waals surface area contributed by atoms with Crippen molar-refractivity contribution in [3.05, 3.63) is 0 Å². The molecule has 0 aromatic carbocycles. The molecule has 0 saturated heterocycles. The Morgan fingerprint density at radius 3 is 2.30 bits per heavy atom. The molecule has 0 saturated carbocycles. The van der Waals surface area contributed by atoms with Gasteiger partial charge in [-0.05, 0) is 28.8 Å². The number of rotatable bonds is 3. The summed E-state index contributed by atoms with van der Waals surface area (Å²) >= 11 is 2.99. The second-order valence-corrected chi connectivity index (χ2v) is 3.47. The van der Waals surface area contributed by atoms with Crippen LogP contribution >= 0.6 is 15.9 Å². The lowest BCUT2D eigenvalue weighted by molar-refractivity contribution is 0.533. The van der Waals surface area contributed by atoms with E-state index in [4.69, 9.17) is 5.41 Å². The first kappa shape index (κ1) is 9.82. The van der Waals surface area contributed by atoms with Gasteiger partial charge in [-0.2, -0.15) is 0 Å². The highest BCUT2D eigenvalue weighted by Crippen LogP contribution is 2.03. The van der Waals surface area contributed by atoms with Crippen LogP contribution in [0.5, 0.6) is 0 Å². The molecule has 3 heteroatoms. The zero-order valence-electron chi connectivity index (χ0n) is 6.56. The van der Waals surface area contributed by atoms with Crippen molar-refractivity contribution in [2.24, 2.45) is 10.9 Å². The number of aliphatic imine (C=N–C) groups is 1. The topological polar surface area (TPSA) is 36.2 Å². The summed E-state index contributed by atoms with van der Waals surface area (Å²) in [6, 6.07) is 0.304. The second-order valence-electron chi connectivity index (χ2n) is 2.61. The van der Waals surface area contributed by atoms with E-state index in [1.54, 1.807) is 0 Å². The van der Waals surface area contributed by atoms with Crippen LogP contribution in [0.3, 0.4) is 0 Å². The lowest BCUT2D eigenvalue weighted by Gasteiger charge is -2.08. The molecule has 2 nitrogen and oxygen atoms in total. The fourth-order valence-electron chi connectivity index (χ4n) is 0.355. The third kappa shape index (κ3) is 4.68. The van der Waals surface area contributed by atoms with Gasteiger partial charge in [0.25, 0.3) is 0 Å². The molecule has 0 aromatic heterocycles. The molecule has 1 unspecified atom stereocenters. The Hall–Kier alpha value is -0.180. The fraction of sp³-hybridized carbons (Fsp3) is 0.714. The maximum absolute atomic E-state index is 7.00. The van der Waals surface area contributed by atoms with Crippen molar-refractivity contribution in [3.63, 3.8) is 0 Å². The zero-order valence-corrected chi connectivity index (χ0v) is 8.14. The van der Waals surface area contributed by atoms with Crippen molar-refractivity contribution in [2.75, 3.05) is 0 Å². The summed E-state index contributed by atoms with van der Waals surface area (Å²) in [6.45, 7) is 6.26. The first-order valence-corrected chi connectivity index (χ1v) is 4.10. The normalized spacial score (nSPS) is 14.5. The van der Waals surface area contributed by atoms with Crippen LogP contribution in [0, 0.1) is 11.3 Å². The lowest BCUT2D eigenvalue weighted by Crippen LogP contribution is -2.08. The number of nitrogens with zero attached hydrogens (tertiary/aromatic N) is 1. The maximum Gasteiger partial charge on any atom is 0.115 e. The van der Waals surface area contributed by atoms with E-state index >= 15 is 0 Å². The van der Waals surface area contributed by atoms with Crippen LogP contribution in [0.25, 0.3) is 0 Å². The van der Waals surface area contributed by atoms with E-state index in [2.05, 4.69) is 34.8 Å². The highest BCUT2D eigenvalue weighted by molar-refractivity contribution is 9.19. The van der Waals surface area contributed by atoms with Crippen molar-refractivity contribution >= 4 is 26.8 Å². The summed E-state index contributed by atoms with van der Waals surface area (Å²) in [5.41, 5.74) is 0. The van der Waals surface area contributed by atoms with Crippen molar-refractivity contribution in [3.8, 4) is 0 Å². The van der Waals surface area contributed by atoms with Crippen LogP contribution in [0.4, 0.5) is 0 Å². The molecule has 1 N–H and O–H groups in total. The molecule has 0 aliphatic heterocycles. The van der Waals surface area contributed by atoms with Gasteiger partial charge in [-0.25, -0.2) is 0 Å². The molecule has 0 aliphatic rings. The molecular formula is C7H13BrN2. The van der Waals surface area contributed by atoms with Crippen molar-refractivity contribution in [1.82, 2.24) is 0 Å². The third-order valence-electron chi connectivity index (χ3n) is 1.39. The quantitative estimate of drug-likeness (QED) is 0.687. The van der Waals surface area contributed by atoms with Gasteiger partial charge in [0.15, 0.2) is 0 Å². The monoisotopic (exact) mass is 204 g/mol. The van der Waals surface area contributed by atoms with Gasteiger partial charge in [-0.1, -0.05) is 13.8 Å². The Morgan fingerprint density at radius 2 is 2.00 bits per heavy atom. The Labute approximate surface area is 70.4 Å². The highest BCUT2D eigenvalue weighted by Gasteiger charge is 2.02. The Morgan fingerprint density at radius 1 is 1.50 bits per heavy atom. The maximum atomic E-state index is 7.00. The van der Waals surface area contributed by atoms with Crippen LogP contribution < -0.4 is 0 Å². The van der Waals surface area contributed by atoms with Gasteiger partial charge in [-0.15, -0.1) is 0 Å². The van der Waals surface area contributed by atoms with E-state index in [1.807, 2.05) is 6.92 Å². The zero-order chi connectivity index (χ0) is 8.15. The van der Waals surface area contributed by atoms with Crippen LogP contribution in [0.2, 0.25) is 0 Å². The molecular weight excluding hydrogens is 192 g/mol. The Balaban J connectivity index is 3.77. The molecule has 0 bridgehead atoms. The van der Waals surface area contributed by atoms with E-state index in [0.717, 1.165) is 0 Å². The third-order valence-corrected chi connectivity index (χ3v) is 1.59. The first-order valence-electron chi connectivity index (χ1n) is 3.31. The van der Waals surface area contributed by atoms with Crippen molar-refractivity contribution < 1.29 is 0 Å². The standard InChI is InChI=1S/C7H13BrN2/c1-5(2)6(3)10-4-7(8)9/h4-6,9H,1-3H3/b9-7?,10-4-. The molecule has 0 aliphatic carbocycles. The van der Waals surface area contributed by atoms with E-state index in [-0.39, 0.29) is 0 Å². The molecule has 0 fully saturated rings. The number of hydrogen-bond acceptors (Lipinski definition) is 2. The minimum absolute atomic E-state index is 0.304. The van der Waals surface area contributed by atoms with E-state index in [1.165, 1.54) is 6.21 Å². The fourth-order valence-corrected chi connectivity index (χ4v) is 0.473. The first-order chi connectivity index (χ1) is 4.54. The van der Waals surface area contributed by atoms with E-state index in [0.29, 0.717) is 16.6 Å². The van der Waals surface area contributed by atoms with Crippen LogP contribution in [-0.2, 0) is 0 Å². The number of hydrogen-bond donors (Lipinski definition) is 1. The van der Waals surface area contributed by atoms with Gasteiger partial charge < -0.3 is 0 Å². The number of nitrogens with one attached hydrogen (secondary N) is 1. The predicted octanol–water partition coefficient (Wildman–Crippen LogP) is 2.47. The molecule has 0 amide bonds. The summed E-state index contributed by atoms with van der Waals surface area (Å²) in [6.07, 6.45) is 1.53. The van der Waals surface area contributed by atoms with Crippen LogP contribution in [0.1, 0.15) is 20.8 Å². The van der Waals surface area contributed by atoms with E-state index in [9.17, 15) is 0 Å². The molecule has 0 radical (unpaired) electrons. The van der Waals surface area contributed by atoms with Crippen LogP contribution in [-0.4, -0.2) is 16.9 Å². The summed E-state index contributed by atoms with van der Waals surface area (Å²) in [4.78, 5) is 4.13. The largest absolute Gasteiger partial charge is 0.292 e. The predicted molar refractivity (Wildman–Crippen MR) is 49.4 cm³/mol. The summed E-state index contributed by atoms with van der Waals surface area (Å²) in [5.74, 6) is 0.545. The minimum atomic E-state index is 0.304. The van der Waals surface area contributed by atoms with Crippen molar-refractivity contribution in [2.45, 2.75) is 26.8 Å².